The molecular formula is C19H22N2O4. The molecule has 6 heteroatoms. The number of hydrogen-bond acceptors (Lipinski definition) is 4. The molecule has 0 radical (unpaired) electrons. The van der Waals surface area contributed by atoms with Crippen LogP contribution in [-0.4, -0.2) is 59.5 Å². The molecule has 2 aliphatic rings. The average molecular weight is 342 g/mol. The molecule has 0 bridgehead atoms. The highest BCUT2D eigenvalue weighted by Crippen LogP contribution is 2.42. The Kier molecular flexibility index (Phi) is 3.80. The van der Waals surface area contributed by atoms with E-state index in [0.717, 1.165) is 18.4 Å². The second-order valence-electron chi connectivity index (χ2n) is 7.21. The van der Waals surface area contributed by atoms with Gasteiger partial charge in [0.15, 0.2) is 5.76 Å². The molecular weight excluding hydrogens is 320 g/mol. The van der Waals surface area contributed by atoms with Crippen LogP contribution in [0.1, 0.15) is 29.8 Å². The first-order chi connectivity index (χ1) is 12.0. The molecule has 1 amide bonds. The first kappa shape index (κ1) is 16.1. The number of nitrogens with zero attached hydrogens (tertiary/aromatic N) is 2. The Labute approximate surface area is 146 Å². The summed E-state index contributed by atoms with van der Waals surface area (Å²) in [6.07, 6.45) is 2.06. The van der Waals surface area contributed by atoms with Crippen molar-refractivity contribution in [1.82, 2.24) is 9.80 Å². The number of likely N-dealkylation sites (tertiary alicyclic amines) is 2. The van der Waals surface area contributed by atoms with Crippen LogP contribution in [-0.2, 0) is 4.79 Å². The Morgan fingerprint density at radius 3 is 2.80 bits per heavy atom. The van der Waals surface area contributed by atoms with Crippen molar-refractivity contribution >= 4 is 22.8 Å². The zero-order valence-electron chi connectivity index (χ0n) is 14.3. The van der Waals surface area contributed by atoms with Crippen LogP contribution in [0.3, 0.4) is 0 Å². The van der Waals surface area contributed by atoms with E-state index in [1.807, 2.05) is 31.3 Å². The standard InChI is InChI=1S/C19H22N2O4/c1-20-9-4-7-19(18(23)24)8-10-21(12-16(19)20)17(22)15-11-13-5-2-3-6-14(13)25-15/h2-3,5-6,11,16H,4,7-10,12H2,1H3,(H,23,24)/t16-,19+/m1/s1. The van der Waals surface area contributed by atoms with E-state index in [-0.39, 0.29) is 11.9 Å². The van der Waals surface area contributed by atoms with Crippen molar-refractivity contribution < 1.29 is 19.1 Å². The number of carbonyl (C=O) groups excluding carboxylic acids is 1. The highest BCUT2D eigenvalue weighted by atomic mass is 16.4. The van der Waals surface area contributed by atoms with Crippen LogP contribution in [0.5, 0.6) is 0 Å². The van der Waals surface area contributed by atoms with Crippen LogP contribution in [0.2, 0.25) is 0 Å². The molecule has 0 spiro atoms. The van der Waals surface area contributed by atoms with Crippen molar-refractivity contribution in [1.29, 1.82) is 0 Å². The summed E-state index contributed by atoms with van der Waals surface area (Å²) in [5, 5.41) is 10.7. The van der Waals surface area contributed by atoms with Crippen LogP contribution in [0, 0.1) is 5.41 Å². The predicted molar refractivity (Wildman–Crippen MR) is 92.5 cm³/mol. The molecule has 1 N–H and O–H groups in total. The van der Waals surface area contributed by atoms with Gasteiger partial charge in [-0.05, 0) is 45.0 Å². The smallest absolute Gasteiger partial charge is 0.311 e. The van der Waals surface area contributed by atoms with Gasteiger partial charge in [-0.25, -0.2) is 0 Å². The van der Waals surface area contributed by atoms with Crippen molar-refractivity contribution in [3.63, 3.8) is 0 Å². The fourth-order valence-corrected chi connectivity index (χ4v) is 4.41. The zero-order valence-corrected chi connectivity index (χ0v) is 14.3. The number of aliphatic carboxylic acids is 1. The van der Waals surface area contributed by atoms with E-state index in [0.29, 0.717) is 37.3 Å². The molecule has 1 aromatic carbocycles. The first-order valence-electron chi connectivity index (χ1n) is 8.73. The van der Waals surface area contributed by atoms with Gasteiger partial charge in [0.1, 0.15) is 5.58 Å². The number of benzene rings is 1. The van der Waals surface area contributed by atoms with Gasteiger partial charge >= 0.3 is 5.97 Å². The average Bonchev–Trinajstić information content (AvgIpc) is 3.05. The van der Waals surface area contributed by atoms with E-state index in [4.69, 9.17) is 4.42 Å². The topological polar surface area (TPSA) is 74.0 Å². The molecule has 6 nitrogen and oxygen atoms in total. The van der Waals surface area contributed by atoms with Crippen LogP contribution in [0.4, 0.5) is 0 Å². The van der Waals surface area contributed by atoms with E-state index in [1.165, 1.54) is 0 Å². The molecule has 2 atom stereocenters. The summed E-state index contributed by atoms with van der Waals surface area (Å²) in [4.78, 5) is 28.7. The molecule has 132 valence electrons. The number of amides is 1. The highest BCUT2D eigenvalue weighted by molar-refractivity contribution is 5.96. The summed E-state index contributed by atoms with van der Waals surface area (Å²) in [5.41, 5.74) is -0.0463. The number of furan rings is 1. The first-order valence-corrected chi connectivity index (χ1v) is 8.73. The number of hydrogen-bond donors (Lipinski definition) is 1. The van der Waals surface area contributed by atoms with E-state index in [1.54, 1.807) is 11.0 Å². The zero-order chi connectivity index (χ0) is 17.6. The van der Waals surface area contributed by atoms with E-state index in [9.17, 15) is 14.7 Å². The molecule has 25 heavy (non-hydrogen) atoms. The number of likely N-dealkylation sites (N-methyl/N-ethyl adjacent to an activating group) is 1. The van der Waals surface area contributed by atoms with Crippen LogP contribution in [0.15, 0.2) is 34.7 Å². The van der Waals surface area contributed by atoms with Crippen molar-refractivity contribution in [3.8, 4) is 0 Å². The van der Waals surface area contributed by atoms with Gasteiger partial charge in [-0.1, -0.05) is 18.2 Å². The third kappa shape index (κ3) is 2.52. The Morgan fingerprint density at radius 1 is 1.24 bits per heavy atom. The Hall–Kier alpha value is -2.34. The maximum atomic E-state index is 12.9. The van der Waals surface area contributed by atoms with Gasteiger partial charge in [-0.15, -0.1) is 0 Å². The molecule has 4 rings (SSSR count). The lowest BCUT2D eigenvalue weighted by molar-refractivity contribution is -0.161. The SMILES string of the molecule is CN1CCC[C@]2(C(=O)O)CCN(C(=O)c3cc4ccccc4o3)C[C@@H]12. The third-order valence-corrected chi connectivity index (χ3v) is 5.87. The van der Waals surface area contributed by atoms with E-state index >= 15 is 0 Å². The summed E-state index contributed by atoms with van der Waals surface area (Å²) in [6.45, 7) is 1.75. The monoisotopic (exact) mass is 342 g/mol. The van der Waals surface area contributed by atoms with Crippen molar-refractivity contribution in [2.24, 2.45) is 5.41 Å². The normalized spacial score (nSPS) is 27.2. The van der Waals surface area contributed by atoms with Gasteiger partial charge in [0.25, 0.3) is 5.91 Å². The van der Waals surface area contributed by atoms with Crippen molar-refractivity contribution in [2.45, 2.75) is 25.3 Å². The molecule has 2 fully saturated rings. The third-order valence-electron chi connectivity index (χ3n) is 5.87. The fourth-order valence-electron chi connectivity index (χ4n) is 4.41. The Balaban J connectivity index is 1.60. The van der Waals surface area contributed by atoms with Gasteiger partial charge in [-0.2, -0.15) is 0 Å². The summed E-state index contributed by atoms with van der Waals surface area (Å²) >= 11 is 0. The van der Waals surface area contributed by atoms with Crippen LogP contribution in [0.25, 0.3) is 11.0 Å². The number of fused-ring (bicyclic) bond motifs is 2. The maximum Gasteiger partial charge on any atom is 0.311 e. The number of piperidine rings is 2. The van der Waals surface area contributed by atoms with Crippen LogP contribution < -0.4 is 0 Å². The summed E-state index contributed by atoms with van der Waals surface area (Å²) < 4.78 is 5.70. The second kappa shape index (κ2) is 5.88. The second-order valence-corrected chi connectivity index (χ2v) is 7.21. The molecule has 2 aromatic rings. The molecule has 1 aromatic heterocycles. The number of para-hydroxylation sites is 1. The molecule has 3 heterocycles. The van der Waals surface area contributed by atoms with Gasteiger partial charge < -0.3 is 19.3 Å². The molecule has 2 saturated heterocycles. The predicted octanol–water partition coefficient (Wildman–Crippen LogP) is 2.44. The summed E-state index contributed by atoms with van der Waals surface area (Å²) in [6, 6.07) is 9.15. The van der Waals surface area contributed by atoms with Crippen molar-refractivity contribution in [3.05, 3.63) is 36.1 Å². The number of carboxylic acid groups (broad SMARTS) is 1. The minimum absolute atomic E-state index is 0.152. The Bertz CT molecular complexity index is 797. The van der Waals surface area contributed by atoms with Crippen molar-refractivity contribution in [2.75, 3.05) is 26.7 Å². The maximum absolute atomic E-state index is 12.9. The molecule has 0 aliphatic carbocycles. The minimum atomic E-state index is -0.738. The largest absolute Gasteiger partial charge is 0.481 e. The number of rotatable bonds is 2. The molecule has 2 aliphatic heterocycles. The van der Waals surface area contributed by atoms with Gasteiger partial charge in [-0.3, -0.25) is 9.59 Å². The van der Waals surface area contributed by atoms with Crippen LogP contribution >= 0.6 is 0 Å². The quantitative estimate of drug-likeness (QED) is 0.907. The summed E-state index contributed by atoms with van der Waals surface area (Å²) in [7, 11) is 1.96. The lowest BCUT2D eigenvalue weighted by Crippen LogP contribution is -2.63. The number of carboxylic acids is 1. The number of carbonyl (C=O) groups is 2. The minimum Gasteiger partial charge on any atom is -0.481 e. The Morgan fingerprint density at radius 2 is 2.04 bits per heavy atom. The molecule has 0 saturated carbocycles. The fraction of sp³-hybridized carbons (Fsp3) is 0.474. The van der Waals surface area contributed by atoms with Gasteiger partial charge in [0.05, 0.1) is 5.41 Å². The van der Waals surface area contributed by atoms with E-state index < -0.39 is 11.4 Å². The van der Waals surface area contributed by atoms with Gasteiger partial charge in [0, 0.05) is 24.5 Å². The van der Waals surface area contributed by atoms with Gasteiger partial charge in [0.2, 0.25) is 0 Å². The van der Waals surface area contributed by atoms with E-state index in [2.05, 4.69) is 4.90 Å². The lowest BCUT2D eigenvalue weighted by atomic mass is 9.68. The summed E-state index contributed by atoms with van der Waals surface area (Å²) in [5.74, 6) is -0.573. The lowest BCUT2D eigenvalue weighted by Gasteiger charge is -2.51. The molecule has 0 unspecified atom stereocenters. The highest BCUT2D eigenvalue weighted by Gasteiger charge is 2.53.